The summed E-state index contributed by atoms with van der Waals surface area (Å²) in [4.78, 5) is 50.4. The van der Waals surface area contributed by atoms with Gasteiger partial charge in [0.15, 0.2) is 0 Å². The van der Waals surface area contributed by atoms with Crippen LogP contribution in [-0.4, -0.2) is 61.7 Å². The lowest BCUT2D eigenvalue weighted by Crippen LogP contribution is -2.41. The maximum absolute atomic E-state index is 13.2. The molecule has 0 atom stereocenters. The van der Waals surface area contributed by atoms with Crippen molar-refractivity contribution in [2.45, 2.75) is 52.1 Å². The fourth-order valence-corrected chi connectivity index (χ4v) is 5.53. The summed E-state index contributed by atoms with van der Waals surface area (Å²) in [6, 6.07) is 15.9. The summed E-state index contributed by atoms with van der Waals surface area (Å²) >= 11 is 6.62. The fraction of sp³-hybridized carbons (Fsp3) is 0.353. The minimum absolute atomic E-state index is 0.238. The fourth-order valence-electron chi connectivity index (χ4n) is 4.79. The van der Waals surface area contributed by atoms with Crippen molar-refractivity contribution in [3.63, 3.8) is 0 Å². The Hall–Kier alpha value is -3.90. The first-order valence-corrected chi connectivity index (χ1v) is 16.1. The molecule has 0 radical (unpaired) electrons. The van der Waals surface area contributed by atoms with Crippen molar-refractivity contribution in [3.8, 4) is 0 Å². The Morgan fingerprint density at radius 1 is 0.826 bits per heavy atom. The van der Waals surface area contributed by atoms with Crippen molar-refractivity contribution < 1.29 is 33.4 Å². The van der Waals surface area contributed by atoms with Gasteiger partial charge in [-0.3, -0.25) is 4.79 Å². The van der Waals surface area contributed by atoms with Crippen LogP contribution in [0.2, 0.25) is 0 Å². The Morgan fingerprint density at radius 2 is 1.39 bits per heavy atom. The number of hydrogen-bond donors (Lipinski definition) is 2. The Labute approximate surface area is 286 Å². The maximum atomic E-state index is 13.2. The molecule has 0 aliphatic carbocycles. The highest BCUT2D eigenvalue weighted by atomic mass is 79.9. The van der Waals surface area contributed by atoms with Gasteiger partial charge in [0.05, 0.1) is 31.0 Å². The summed E-state index contributed by atoms with van der Waals surface area (Å²) in [6.45, 7) is 8.67. The standard InChI is InChI=1S/C26H31BrN2O5.C8H8BrNO2/c1-16-6-7-18(17-10-12-29(13-11-17)25(32)34-26(2,3)4)14-21(16)23(30)28-22-15-19(27)8-9-20(22)24(31)33-5;1-12-8(11)6-3-2-5(9)4-7(6)10/h6-9,14-15,17H,10-13H2,1-5H3,(H,28,30);2-4H,10H2,1H3. The van der Waals surface area contributed by atoms with Gasteiger partial charge >= 0.3 is 18.0 Å². The first-order chi connectivity index (χ1) is 21.6. The van der Waals surface area contributed by atoms with E-state index in [9.17, 15) is 19.2 Å². The summed E-state index contributed by atoms with van der Waals surface area (Å²) in [5.41, 5.74) is 8.94. The highest BCUT2D eigenvalue weighted by Gasteiger charge is 2.28. The lowest BCUT2D eigenvalue weighted by atomic mass is 9.87. The number of rotatable bonds is 5. The van der Waals surface area contributed by atoms with Gasteiger partial charge in [-0.25, -0.2) is 14.4 Å². The molecule has 12 heteroatoms. The molecular formula is C34H39Br2N3O7. The molecule has 0 spiro atoms. The summed E-state index contributed by atoms with van der Waals surface area (Å²) < 4.78 is 16.4. The van der Waals surface area contributed by atoms with E-state index in [1.165, 1.54) is 14.2 Å². The molecule has 1 aliphatic rings. The average Bonchev–Trinajstić information content (AvgIpc) is 3.00. The van der Waals surface area contributed by atoms with Gasteiger partial charge < -0.3 is 30.2 Å². The summed E-state index contributed by atoms with van der Waals surface area (Å²) in [5, 5.41) is 2.86. The lowest BCUT2D eigenvalue weighted by molar-refractivity contribution is 0.0204. The number of methoxy groups -OCH3 is 2. The average molecular weight is 762 g/mol. The number of nitrogens with one attached hydrogen (secondary N) is 1. The number of nitrogens with zero attached hydrogens (tertiary/aromatic N) is 1. The van der Waals surface area contributed by atoms with Gasteiger partial charge in [0.1, 0.15) is 5.60 Å². The molecule has 1 saturated heterocycles. The minimum atomic E-state index is -0.523. The minimum Gasteiger partial charge on any atom is -0.465 e. The Kier molecular flexibility index (Phi) is 12.8. The van der Waals surface area contributed by atoms with Crippen LogP contribution in [0.5, 0.6) is 0 Å². The molecule has 0 saturated carbocycles. The number of carbonyl (C=O) groups excluding carboxylic acids is 4. The van der Waals surface area contributed by atoms with E-state index in [0.717, 1.165) is 32.9 Å². The van der Waals surface area contributed by atoms with Gasteiger partial charge in [0, 0.05) is 33.3 Å². The number of esters is 2. The first-order valence-electron chi connectivity index (χ1n) is 14.5. The molecule has 3 aromatic rings. The van der Waals surface area contributed by atoms with E-state index in [-0.39, 0.29) is 23.5 Å². The first kappa shape index (κ1) is 36.6. The topological polar surface area (TPSA) is 137 Å². The zero-order chi connectivity index (χ0) is 34.2. The smallest absolute Gasteiger partial charge is 0.410 e. The molecule has 1 aliphatic heterocycles. The number of amides is 2. The highest BCUT2D eigenvalue weighted by Crippen LogP contribution is 2.31. The number of aryl methyl sites for hydroxylation is 1. The quantitative estimate of drug-likeness (QED) is 0.153. The molecule has 0 aromatic heterocycles. The predicted octanol–water partition coefficient (Wildman–Crippen LogP) is 7.73. The number of benzene rings is 3. The maximum Gasteiger partial charge on any atom is 0.410 e. The lowest BCUT2D eigenvalue weighted by Gasteiger charge is -2.33. The monoisotopic (exact) mass is 759 g/mol. The molecule has 0 bridgehead atoms. The van der Waals surface area contributed by atoms with Crippen molar-refractivity contribution in [2.75, 3.05) is 38.4 Å². The third-order valence-corrected chi connectivity index (χ3v) is 8.16. The van der Waals surface area contributed by atoms with E-state index >= 15 is 0 Å². The SMILES string of the molecule is COC(=O)c1ccc(Br)cc1N.COC(=O)c1ccc(Br)cc1NC(=O)c1cc(C2CCN(C(=O)OC(C)(C)C)CC2)ccc1C. The van der Waals surface area contributed by atoms with E-state index in [1.807, 2.05) is 45.9 Å². The molecule has 3 aromatic carbocycles. The molecule has 10 nitrogen and oxygen atoms in total. The van der Waals surface area contributed by atoms with Crippen LogP contribution in [0.25, 0.3) is 0 Å². The molecule has 3 N–H and O–H groups in total. The van der Waals surface area contributed by atoms with Crippen molar-refractivity contribution in [1.82, 2.24) is 4.90 Å². The zero-order valence-corrected chi connectivity index (χ0v) is 29.9. The number of carbonyl (C=O) groups is 4. The molecule has 4 rings (SSSR count). The number of hydrogen-bond acceptors (Lipinski definition) is 8. The van der Waals surface area contributed by atoms with Gasteiger partial charge in [-0.1, -0.05) is 44.0 Å². The number of anilines is 2. The van der Waals surface area contributed by atoms with E-state index < -0.39 is 17.5 Å². The zero-order valence-electron chi connectivity index (χ0n) is 26.7. The van der Waals surface area contributed by atoms with Crippen molar-refractivity contribution in [3.05, 3.63) is 91.4 Å². The van der Waals surface area contributed by atoms with Gasteiger partial charge in [-0.2, -0.15) is 0 Å². The van der Waals surface area contributed by atoms with Crippen LogP contribution >= 0.6 is 31.9 Å². The van der Waals surface area contributed by atoms with E-state index in [0.29, 0.717) is 35.6 Å². The summed E-state index contributed by atoms with van der Waals surface area (Å²) in [7, 11) is 2.63. The largest absolute Gasteiger partial charge is 0.465 e. The van der Waals surface area contributed by atoms with Gasteiger partial charge in [0.2, 0.25) is 0 Å². The van der Waals surface area contributed by atoms with E-state index in [2.05, 4.69) is 41.9 Å². The molecule has 246 valence electrons. The third kappa shape index (κ3) is 10.1. The van der Waals surface area contributed by atoms with Crippen molar-refractivity contribution in [2.24, 2.45) is 0 Å². The number of likely N-dealkylation sites (tertiary alicyclic amines) is 1. The van der Waals surface area contributed by atoms with Crippen molar-refractivity contribution >= 4 is 67.2 Å². The van der Waals surface area contributed by atoms with Crippen LogP contribution in [-0.2, 0) is 14.2 Å². The van der Waals surface area contributed by atoms with Crippen LogP contribution < -0.4 is 11.1 Å². The van der Waals surface area contributed by atoms with Crippen LogP contribution in [0.1, 0.15) is 81.7 Å². The second-order valence-corrected chi connectivity index (χ2v) is 13.5. The number of nitrogen functional groups attached to an aromatic ring is 1. The number of ether oxygens (including phenoxy) is 3. The van der Waals surface area contributed by atoms with Crippen LogP contribution in [0.4, 0.5) is 16.2 Å². The van der Waals surface area contributed by atoms with Gasteiger partial charge in [0.25, 0.3) is 5.91 Å². The molecule has 46 heavy (non-hydrogen) atoms. The van der Waals surface area contributed by atoms with E-state index in [1.54, 1.807) is 41.3 Å². The van der Waals surface area contributed by atoms with Crippen molar-refractivity contribution in [1.29, 1.82) is 0 Å². The van der Waals surface area contributed by atoms with Crippen LogP contribution in [0.3, 0.4) is 0 Å². The number of halogens is 2. The molecule has 0 unspecified atom stereocenters. The van der Waals surface area contributed by atoms with Gasteiger partial charge in [-0.05, 0) is 100 Å². The van der Waals surface area contributed by atoms with Crippen LogP contribution in [0, 0.1) is 6.92 Å². The van der Waals surface area contributed by atoms with E-state index in [4.69, 9.17) is 15.2 Å². The molecule has 1 heterocycles. The predicted molar refractivity (Wildman–Crippen MR) is 184 cm³/mol. The summed E-state index contributed by atoms with van der Waals surface area (Å²) in [5.74, 6) is -0.999. The second kappa shape index (κ2) is 16.1. The third-order valence-electron chi connectivity index (χ3n) is 7.18. The molecule has 2 amide bonds. The molecular weight excluding hydrogens is 722 g/mol. The Balaban J connectivity index is 0.000000402. The number of nitrogens with two attached hydrogens (primary N) is 1. The van der Waals surface area contributed by atoms with Gasteiger partial charge in [-0.15, -0.1) is 0 Å². The number of piperidine rings is 1. The molecule has 1 fully saturated rings. The van der Waals surface area contributed by atoms with Crippen LogP contribution in [0.15, 0.2) is 63.5 Å². The Morgan fingerprint density at radius 3 is 1.96 bits per heavy atom. The normalized spacial score (nSPS) is 13.2. The summed E-state index contributed by atoms with van der Waals surface area (Å²) in [6.07, 6.45) is 1.30. The Bertz CT molecular complexity index is 1600. The second-order valence-electron chi connectivity index (χ2n) is 11.7. The highest BCUT2D eigenvalue weighted by molar-refractivity contribution is 9.10.